The van der Waals surface area contributed by atoms with Gasteiger partial charge in [-0.25, -0.2) is 4.79 Å². The topological polar surface area (TPSA) is 95.8 Å². The molecule has 1 rings (SSSR count). The number of rotatable bonds is 4. The van der Waals surface area contributed by atoms with Gasteiger partial charge in [0.15, 0.2) is 0 Å². The third-order valence-electron chi connectivity index (χ3n) is 2.04. The monoisotopic (exact) mass is 235 g/mol. The van der Waals surface area contributed by atoms with Crippen molar-refractivity contribution >= 4 is 11.7 Å². The van der Waals surface area contributed by atoms with E-state index in [1.165, 1.54) is 6.07 Å². The second kappa shape index (κ2) is 5.89. The molecule has 1 aromatic heterocycles. The fourth-order valence-corrected chi connectivity index (χ4v) is 1.27. The van der Waals surface area contributed by atoms with E-state index in [2.05, 4.69) is 14.5 Å². The molecule has 0 spiro atoms. The molecule has 6 heteroatoms. The van der Waals surface area contributed by atoms with E-state index in [0.29, 0.717) is 5.69 Å². The molecule has 6 nitrogen and oxygen atoms in total. The first-order valence-electron chi connectivity index (χ1n) is 5.10. The third kappa shape index (κ3) is 3.21. The van der Waals surface area contributed by atoms with Crippen LogP contribution >= 0.6 is 0 Å². The second-order valence-corrected chi connectivity index (χ2v) is 3.31. The van der Waals surface area contributed by atoms with E-state index < -0.39 is 17.8 Å². The first-order chi connectivity index (χ1) is 8.10. The summed E-state index contributed by atoms with van der Waals surface area (Å²) < 4.78 is 4.65. The van der Waals surface area contributed by atoms with Crippen molar-refractivity contribution in [2.45, 2.75) is 20.0 Å². The highest BCUT2D eigenvalue weighted by atomic mass is 16.5. The molecule has 0 bridgehead atoms. The van der Waals surface area contributed by atoms with E-state index >= 15 is 0 Å². The number of hydrogen-bond donors (Lipinski definition) is 1. The van der Waals surface area contributed by atoms with Crippen LogP contribution in [0, 0.1) is 6.92 Å². The average Bonchev–Trinajstić information content (AvgIpc) is 2.30. The predicted octanol–water partition coefficient (Wildman–Crippen LogP) is 0.657. The molecule has 0 radical (unpaired) electrons. The molecule has 1 aromatic rings. The Labute approximate surface area is 98.5 Å². The Morgan fingerprint density at radius 3 is 2.88 bits per heavy atom. The fraction of sp³-hybridized carbons (Fsp3) is 0.364. The number of ether oxygens (including phenoxy) is 1. The second-order valence-electron chi connectivity index (χ2n) is 3.31. The molecule has 0 aliphatic rings. The zero-order valence-corrected chi connectivity index (χ0v) is 9.62. The van der Waals surface area contributed by atoms with Gasteiger partial charge in [0.05, 0.1) is 12.3 Å². The normalized spacial score (nSPS) is 11.5. The van der Waals surface area contributed by atoms with Gasteiger partial charge in [0.2, 0.25) is 6.10 Å². The number of carbonyl (C=O) groups is 1. The maximum atomic E-state index is 11.4. The SMILES string of the molecule is CCOC(=O)C(=[N+]=[N-])[C@H](O)c1cccc(C)n1. The van der Waals surface area contributed by atoms with Gasteiger partial charge in [-0.15, -0.1) is 0 Å². The highest BCUT2D eigenvalue weighted by molar-refractivity contribution is 6.35. The van der Waals surface area contributed by atoms with Crippen LogP contribution in [-0.2, 0) is 9.53 Å². The van der Waals surface area contributed by atoms with Crippen molar-refractivity contribution < 1.29 is 19.4 Å². The molecule has 1 atom stereocenters. The minimum Gasteiger partial charge on any atom is -0.457 e. The van der Waals surface area contributed by atoms with Gasteiger partial charge in [-0.1, -0.05) is 6.07 Å². The maximum Gasteiger partial charge on any atom is 0.420 e. The van der Waals surface area contributed by atoms with E-state index in [1.807, 2.05) is 0 Å². The molecule has 0 aliphatic carbocycles. The molecule has 0 amide bonds. The molecule has 0 fully saturated rings. The van der Waals surface area contributed by atoms with Gasteiger partial charge < -0.3 is 15.4 Å². The molecule has 1 heterocycles. The van der Waals surface area contributed by atoms with Crippen LogP contribution in [0.2, 0.25) is 0 Å². The summed E-state index contributed by atoms with van der Waals surface area (Å²) in [6, 6.07) is 4.96. The van der Waals surface area contributed by atoms with Crippen LogP contribution in [0.4, 0.5) is 0 Å². The quantitative estimate of drug-likeness (QED) is 0.359. The summed E-state index contributed by atoms with van der Waals surface area (Å²) in [7, 11) is 0. The zero-order chi connectivity index (χ0) is 12.8. The minimum absolute atomic E-state index is 0.131. The molecule has 17 heavy (non-hydrogen) atoms. The van der Waals surface area contributed by atoms with Gasteiger partial charge in [-0.3, -0.25) is 4.98 Å². The summed E-state index contributed by atoms with van der Waals surface area (Å²) in [6.07, 6.45) is -1.40. The predicted molar refractivity (Wildman–Crippen MR) is 59.2 cm³/mol. The van der Waals surface area contributed by atoms with E-state index in [1.54, 1.807) is 26.0 Å². The lowest BCUT2D eigenvalue weighted by Gasteiger charge is -2.05. The van der Waals surface area contributed by atoms with Crippen LogP contribution in [0.3, 0.4) is 0 Å². The smallest absolute Gasteiger partial charge is 0.420 e. The molecule has 0 aliphatic heterocycles. The van der Waals surface area contributed by atoms with Crippen LogP contribution in [0.5, 0.6) is 0 Å². The van der Waals surface area contributed by atoms with Crippen molar-refractivity contribution in [1.82, 2.24) is 4.98 Å². The number of aromatic nitrogens is 1. The number of nitrogens with zero attached hydrogens (tertiary/aromatic N) is 3. The Balaban J connectivity index is 2.99. The van der Waals surface area contributed by atoms with Crippen molar-refractivity contribution in [1.29, 1.82) is 0 Å². The van der Waals surface area contributed by atoms with Gasteiger partial charge in [-0.2, -0.15) is 4.79 Å². The fourth-order valence-electron chi connectivity index (χ4n) is 1.27. The first-order valence-corrected chi connectivity index (χ1v) is 5.10. The van der Waals surface area contributed by atoms with E-state index in [0.717, 1.165) is 0 Å². The molecule has 90 valence electrons. The summed E-state index contributed by atoms with van der Waals surface area (Å²) in [5.74, 6) is -0.870. The molecule has 0 saturated carbocycles. The standard InChI is InChI=1S/C11H13N3O3/c1-3-17-11(16)9(14-12)10(15)8-6-4-5-7(2)13-8/h4-6,10,15H,3H2,1-2H3/t10-/m1/s1. The van der Waals surface area contributed by atoms with Gasteiger partial charge in [-0.05, 0) is 26.0 Å². The summed E-state index contributed by atoms with van der Waals surface area (Å²) in [5, 5.41) is 9.85. The lowest BCUT2D eigenvalue weighted by molar-refractivity contribution is -0.141. The number of carbonyl (C=O) groups excluding carboxylic acids is 1. The number of aliphatic hydroxyl groups excluding tert-OH is 1. The lowest BCUT2D eigenvalue weighted by atomic mass is 10.1. The van der Waals surface area contributed by atoms with Crippen molar-refractivity contribution in [3.05, 3.63) is 35.1 Å². The van der Waals surface area contributed by atoms with Crippen LogP contribution in [0.1, 0.15) is 24.4 Å². The van der Waals surface area contributed by atoms with Crippen molar-refractivity contribution in [3.63, 3.8) is 0 Å². The molecule has 0 saturated heterocycles. The summed E-state index contributed by atoms with van der Waals surface area (Å²) in [4.78, 5) is 18.2. The summed E-state index contributed by atoms with van der Waals surface area (Å²) >= 11 is 0. The Hall–Kier alpha value is -2.04. The van der Waals surface area contributed by atoms with Gasteiger partial charge in [0.25, 0.3) is 0 Å². The lowest BCUT2D eigenvalue weighted by Crippen LogP contribution is -2.26. The van der Waals surface area contributed by atoms with Crippen LogP contribution in [0.25, 0.3) is 5.53 Å². The van der Waals surface area contributed by atoms with Crippen LogP contribution < -0.4 is 0 Å². The summed E-state index contributed by atoms with van der Waals surface area (Å²) in [6.45, 7) is 3.49. The van der Waals surface area contributed by atoms with E-state index in [-0.39, 0.29) is 12.3 Å². The van der Waals surface area contributed by atoms with Crippen molar-refractivity contribution in [2.75, 3.05) is 6.61 Å². The van der Waals surface area contributed by atoms with Crippen LogP contribution in [-0.4, -0.2) is 33.2 Å². The maximum absolute atomic E-state index is 11.4. The molecule has 1 N–H and O–H groups in total. The molecule has 0 aromatic carbocycles. The zero-order valence-electron chi connectivity index (χ0n) is 9.62. The van der Waals surface area contributed by atoms with Crippen molar-refractivity contribution in [3.8, 4) is 0 Å². The highest BCUT2D eigenvalue weighted by Gasteiger charge is 2.33. The Morgan fingerprint density at radius 1 is 1.65 bits per heavy atom. The van der Waals surface area contributed by atoms with Crippen molar-refractivity contribution in [2.24, 2.45) is 0 Å². The van der Waals surface area contributed by atoms with Gasteiger partial charge >= 0.3 is 11.7 Å². The number of pyridine rings is 1. The van der Waals surface area contributed by atoms with E-state index in [9.17, 15) is 9.90 Å². The number of hydrogen-bond acceptors (Lipinski definition) is 4. The molecule has 0 unspecified atom stereocenters. The van der Waals surface area contributed by atoms with E-state index in [4.69, 9.17) is 5.53 Å². The largest absolute Gasteiger partial charge is 0.457 e. The average molecular weight is 235 g/mol. The van der Waals surface area contributed by atoms with Crippen LogP contribution in [0.15, 0.2) is 18.2 Å². The van der Waals surface area contributed by atoms with Gasteiger partial charge in [0.1, 0.15) is 0 Å². The third-order valence-corrected chi connectivity index (χ3v) is 2.04. The number of aryl methyl sites for hydroxylation is 1. The first kappa shape index (κ1) is 13.0. The Morgan fingerprint density at radius 2 is 2.35 bits per heavy atom. The summed E-state index contributed by atoms with van der Waals surface area (Å²) in [5.41, 5.74) is 9.15. The molecular weight excluding hydrogens is 222 g/mol. The number of aliphatic hydroxyl groups is 1. The Kier molecular flexibility index (Phi) is 4.51. The number of esters is 1. The van der Waals surface area contributed by atoms with Gasteiger partial charge in [0, 0.05) is 5.69 Å². The Bertz CT molecular complexity index is 467. The minimum atomic E-state index is -1.40. The highest BCUT2D eigenvalue weighted by Crippen LogP contribution is 2.12. The molecular formula is C11H13N3O3.